The zero-order valence-electron chi connectivity index (χ0n) is 12.8. The second-order valence-electron chi connectivity index (χ2n) is 6.30. The fraction of sp³-hybridized carbons (Fsp3) is 0.500. The Morgan fingerprint density at radius 3 is 1.96 bits per heavy atom. The van der Waals surface area contributed by atoms with Crippen molar-refractivity contribution in [3.63, 3.8) is 0 Å². The van der Waals surface area contributed by atoms with Crippen LogP contribution in [0.15, 0.2) is 24.3 Å². The molecule has 2 unspecified atom stereocenters. The molecule has 1 aromatic carbocycles. The van der Waals surface area contributed by atoms with Crippen LogP contribution in [0.4, 0.5) is 26.3 Å². The number of hydrogen-bond acceptors (Lipinski definition) is 2. The number of benzene rings is 1. The predicted octanol–water partition coefficient (Wildman–Crippen LogP) is 4.85. The lowest BCUT2D eigenvalue weighted by atomic mass is 9.87. The summed E-state index contributed by atoms with van der Waals surface area (Å²) in [6, 6.07) is 1.92. The van der Waals surface area contributed by atoms with Crippen molar-refractivity contribution in [2.24, 2.45) is 0 Å². The molecule has 0 aromatic heterocycles. The molecule has 1 fully saturated rings. The second kappa shape index (κ2) is 5.75. The number of rotatable bonds is 1. The van der Waals surface area contributed by atoms with E-state index in [1.807, 2.05) is 0 Å². The zero-order valence-corrected chi connectivity index (χ0v) is 13.6. The van der Waals surface area contributed by atoms with E-state index in [0.717, 1.165) is 12.1 Å². The number of hydrogen-bond donors (Lipinski definition) is 0. The van der Waals surface area contributed by atoms with Gasteiger partial charge >= 0.3 is 12.4 Å². The Hall–Kier alpha value is -1.51. The highest BCUT2D eigenvalue weighted by molar-refractivity contribution is 7.93. The van der Waals surface area contributed by atoms with Gasteiger partial charge in [-0.05, 0) is 37.0 Å². The summed E-state index contributed by atoms with van der Waals surface area (Å²) < 4.78 is 104. The molecule has 2 aliphatic rings. The molecule has 9 heteroatoms. The topological polar surface area (TPSA) is 34.1 Å². The first-order valence-corrected chi connectivity index (χ1v) is 9.24. The van der Waals surface area contributed by atoms with Crippen LogP contribution in [0, 0.1) is 0 Å². The van der Waals surface area contributed by atoms with E-state index in [2.05, 4.69) is 0 Å². The maximum Gasteiger partial charge on any atom is 0.417 e. The van der Waals surface area contributed by atoms with Crippen molar-refractivity contribution < 1.29 is 34.8 Å². The lowest BCUT2D eigenvalue weighted by molar-refractivity contribution is -0.143. The van der Waals surface area contributed by atoms with Crippen LogP contribution in [0.2, 0.25) is 0 Å². The number of sulfone groups is 1. The van der Waals surface area contributed by atoms with Gasteiger partial charge in [0, 0.05) is 5.56 Å². The minimum atomic E-state index is -4.97. The van der Waals surface area contributed by atoms with Gasteiger partial charge in [0.25, 0.3) is 0 Å². The molecule has 2 aliphatic heterocycles. The van der Waals surface area contributed by atoms with Crippen LogP contribution in [0.1, 0.15) is 42.4 Å². The Labute approximate surface area is 140 Å². The maximum atomic E-state index is 13.3. The normalized spacial score (nSPS) is 26.2. The number of halogens is 6. The monoisotopic (exact) mass is 384 g/mol. The van der Waals surface area contributed by atoms with Gasteiger partial charge in [0.1, 0.15) is 0 Å². The third-order valence-corrected chi connectivity index (χ3v) is 7.28. The molecule has 0 radical (unpaired) electrons. The third-order valence-electron chi connectivity index (χ3n) is 4.73. The molecular formula is C16H14F6O2S. The van der Waals surface area contributed by atoms with E-state index >= 15 is 0 Å². The number of alkyl halides is 6. The van der Waals surface area contributed by atoms with E-state index in [-0.39, 0.29) is 24.8 Å². The van der Waals surface area contributed by atoms with E-state index in [9.17, 15) is 34.8 Å². The summed E-state index contributed by atoms with van der Waals surface area (Å²) in [6.45, 7) is 0. The van der Waals surface area contributed by atoms with Crippen molar-refractivity contribution in [1.29, 1.82) is 0 Å². The quantitative estimate of drug-likeness (QED) is 0.649. The van der Waals surface area contributed by atoms with Crippen molar-refractivity contribution >= 4 is 15.4 Å². The zero-order chi connectivity index (χ0) is 18.6. The van der Waals surface area contributed by atoms with Gasteiger partial charge in [0.15, 0.2) is 9.84 Å². The Morgan fingerprint density at radius 1 is 0.920 bits per heavy atom. The summed E-state index contributed by atoms with van der Waals surface area (Å²) >= 11 is 0. The van der Waals surface area contributed by atoms with Gasteiger partial charge in [-0.25, -0.2) is 8.42 Å². The van der Waals surface area contributed by atoms with E-state index < -0.39 is 49.4 Å². The SMILES string of the molecule is O=S1(=O)C2C=C(c3c(C(F)(F)F)cccc3C(F)(F)F)CC1CCC2. The summed E-state index contributed by atoms with van der Waals surface area (Å²) in [5.74, 6) is 0. The smallest absolute Gasteiger partial charge is 0.228 e. The average molecular weight is 384 g/mol. The van der Waals surface area contributed by atoms with Gasteiger partial charge in [-0.2, -0.15) is 26.3 Å². The lowest BCUT2D eigenvalue weighted by Gasteiger charge is -2.34. The van der Waals surface area contributed by atoms with Crippen LogP contribution in [-0.4, -0.2) is 18.9 Å². The predicted molar refractivity (Wildman–Crippen MR) is 79.4 cm³/mol. The number of fused-ring (bicyclic) bond motifs is 2. The highest BCUT2D eigenvalue weighted by Crippen LogP contribution is 2.47. The van der Waals surface area contributed by atoms with Crippen molar-refractivity contribution in [3.8, 4) is 0 Å². The van der Waals surface area contributed by atoms with Gasteiger partial charge in [-0.15, -0.1) is 0 Å². The lowest BCUT2D eigenvalue weighted by Crippen LogP contribution is -2.39. The molecule has 0 spiro atoms. The first-order valence-electron chi connectivity index (χ1n) is 7.63. The highest BCUT2D eigenvalue weighted by Gasteiger charge is 2.45. The summed E-state index contributed by atoms with van der Waals surface area (Å²) in [6.07, 6.45) is -8.11. The molecule has 2 nitrogen and oxygen atoms in total. The van der Waals surface area contributed by atoms with E-state index in [0.29, 0.717) is 18.6 Å². The van der Waals surface area contributed by atoms with Gasteiger partial charge < -0.3 is 0 Å². The van der Waals surface area contributed by atoms with E-state index in [4.69, 9.17) is 0 Å². The summed E-state index contributed by atoms with van der Waals surface area (Å²) in [7, 11) is -3.54. The Bertz CT molecular complexity index is 788. The maximum absolute atomic E-state index is 13.3. The molecule has 0 N–H and O–H groups in total. The number of allylic oxidation sites excluding steroid dienone is 1. The molecule has 25 heavy (non-hydrogen) atoms. The van der Waals surface area contributed by atoms with Crippen LogP contribution in [-0.2, 0) is 22.2 Å². The standard InChI is InChI=1S/C16H14F6O2S/c17-15(18,19)12-5-2-6-13(16(20,21)22)14(12)9-7-10-3-1-4-11(8-9)25(10,23)24/h2,5-7,10-11H,1,3-4,8H2. The van der Waals surface area contributed by atoms with Gasteiger partial charge in [0.05, 0.1) is 21.6 Å². The molecule has 2 bridgehead atoms. The fourth-order valence-corrected chi connectivity index (χ4v) is 5.86. The van der Waals surface area contributed by atoms with Crippen molar-refractivity contribution in [2.45, 2.75) is 48.5 Å². The van der Waals surface area contributed by atoms with Crippen LogP contribution in [0.25, 0.3) is 5.57 Å². The van der Waals surface area contributed by atoms with Gasteiger partial charge in [-0.1, -0.05) is 18.6 Å². The second-order valence-corrected chi connectivity index (χ2v) is 8.75. The van der Waals surface area contributed by atoms with Crippen LogP contribution in [0.3, 0.4) is 0 Å². The van der Waals surface area contributed by atoms with Crippen molar-refractivity contribution in [3.05, 3.63) is 41.0 Å². The summed E-state index contributed by atoms with van der Waals surface area (Å²) in [4.78, 5) is 0. The van der Waals surface area contributed by atoms with Gasteiger partial charge in [0.2, 0.25) is 0 Å². The Balaban J connectivity index is 2.25. The molecule has 2 heterocycles. The largest absolute Gasteiger partial charge is 0.417 e. The van der Waals surface area contributed by atoms with Crippen LogP contribution in [0.5, 0.6) is 0 Å². The Kier molecular flexibility index (Phi) is 4.21. The van der Waals surface area contributed by atoms with Crippen molar-refractivity contribution in [1.82, 2.24) is 0 Å². The minimum Gasteiger partial charge on any atom is -0.228 e. The van der Waals surface area contributed by atoms with Crippen LogP contribution >= 0.6 is 0 Å². The Morgan fingerprint density at radius 2 is 1.48 bits per heavy atom. The van der Waals surface area contributed by atoms with Crippen LogP contribution < -0.4 is 0 Å². The fourth-order valence-electron chi connectivity index (χ4n) is 3.61. The molecule has 138 valence electrons. The minimum absolute atomic E-state index is 0.176. The summed E-state index contributed by atoms with van der Waals surface area (Å²) in [5.41, 5.74) is -3.88. The molecule has 2 atom stereocenters. The first kappa shape index (κ1) is 18.3. The van der Waals surface area contributed by atoms with E-state index in [1.165, 1.54) is 0 Å². The molecule has 3 rings (SSSR count). The first-order chi connectivity index (χ1) is 11.4. The molecule has 1 aromatic rings. The van der Waals surface area contributed by atoms with Crippen molar-refractivity contribution in [2.75, 3.05) is 0 Å². The molecule has 1 saturated heterocycles. The molecule has 0 amide bonds. The van der Waals surface area contributed by atoms with E-state index in [1.54, 1.807) is 0 Å². The molecule has 0 aliphatic carbocycles. The summed E-state index contributed by atoms with van der Waals surface area (Å²) in [5, 5.41) is -1.94. The third kappa shape index (κ3) is 3.18. The highest BCUT2D eigenvalue weighted by atomic mass is 32.2. The average Bonchev–Trinajstić information content (AvgIpc) is 2.43. The van der Waals surface area contributed by atoms with Gasteiger partial charge in [-0.3, -0.25) is 0 Å². The molecular weight excluding hydrogens is 370 g/mol. The molecule has 0 saturated carbocycles.